The molecule has 0 radical (unpaired) electrons. The van der Waals surface area contributed by atoms with Crippen LogP contribution in [0.2, 0.25) is 0 Å². The van der Waals surface area contributed by atoms with E-state index in [1.807, 2.05) is 12.1 Å². The van der Waals surface area contributed by atoms with Gasteiger partial charge in [0.1, 0.15) is 5.82 Å². The molecule has 0 aliphatic heterocycles. The third kappa shape index (κ3) is 2.44. The standard InChI is InChI=1S/C11H14ClF/c1-8(2)10(7-12)9-5-3-4-6-11(9)13/h3-6,8,10H,7H2,1-2H3. The predicted octanol–water partition coefficient (Wildman–Crippen LogP) is 3.80. The van der Waals surface area contributed by atoms with Crippen molar-refractivity contribution in [3.63, 3.8) is 0 Å². The molecule has 1 unspecified atom stereocenters. The molecule has 0 fully saturated rings. The maximum absolute atomic E-state index is 13.3. The molecule has 1 aromatic rings. The van der Waals surface area contributed by atoms with Crippen molar-refractivity contribution in [3.8, 4) is 0 Å². The zero-order chi connectivity index (χ0) is 9.84. The number of alkyl halides is 1. The molecule has 0 aliphatic carbocycles. The van der Waals surface area contributed by atoms with Crippen LogP contribution in [0.1, 0.15) is 25.3 Å². The average molecular weight is 201 g/mol. The van der Waals surface area contributed by atoms with Crippen LogP contribution >= 0.6 is 11.6 Å². The average Bonchev–Trinajstić information content (AvgIpc) is 2.09. The van der Waals surface area contributed by atoms with Crippen molar-refractivity contribution >= 4 is 11.6 Å². The summed E-state index contributed by atoms with van der Waals surface area (Å²) < 4.78 is 13.3. The highest BCUT2D eigenvalue weighted by molar-refractivity contribution is 6.18. The highest BCUT2D eigenvalue weighted by Gasteiger charge is 2.17. The Labute approximate surface area is 83.7 Å². The number of rotatable bonds is 3. The lowest BCUT2D eigenvalue weighted by Gasteiger charge is -2.18. The van der Waals surface area contributed by atoms with Crippen LogP contribution in [-0.4, -0.2) is 5.88 Å². The smallest absolute Gasteiger partial charge is 0.126 e. The molecular weight excluding hydrogens is 187 g/mol. The molecule has 2 heteroatoms. The maximum atomic E-state index is 13.3. The third-order valence-electron chi connectivity index (χ3n) is 2.28. The van der Waals surface area contributed by atoms with Gasteiger partial charge in [0.05, 0.1) is 0 Å². The van der Waals surface area contributed by atoms with Gasteiger partial charge < -0.3 is 0 Å². The fourth-order valence-electron chi connectivity index (χ4n) is 1.40. The second-order valence-electron chi connectivity index (χ2n) is 3.53. The first kappa shape index (κ1) is 10.5. The van der Waals surface area contributed by atoms with Gasteiger partial charge in [-0.05, 0) is 17.5 Å². The van der Waals surface area contributed by atoms with Crippen molar-refractivity contribution in [1.29, 1.82) is 0 Å². The molecule has 0 bridgehead atoms. The highest BCUT2D eigenvalue weighted by Crippen LogP contribution is 2.27. The molecular formula is C11H14ClF. The molecule has 0 heterocycles. The Morgan fingerprint density at radius 1 is 1.31 bits per heavy atom. The minimum atomic E-state index is -0.151. The van der Waals surface area contributed by atoms with Crippen LogP contribution in [0.15, 0.2) is 24.3 Å². The van der Waals surface area contributed by atoms with Gasteiger partial charge in [-0.25, -0.2) is 4.39 Å². The van der Waals surface area contributed by atoms with E-state index in [4.69, 9.17) is 11.6 Å². The van der Waals surface area contributed by atoms with Crippen LogP contribution in [-0.2, 0) is 0 Å². The molecule has 0 spiro atoms. The molecule has 72 valence electrons. The van der Waals surface area contributed by atoms with Gasteiger partial charge >= 0.3 is 0 Å². The quantitative estimate of drug-likeness (QED) is 0.651. The lowest BCUT2D eigenvalue weighted by molar-refractivity contribution is 0.505. The van der Waals surface area contributed by atoms with Crippen molar-refractivity contribution in [2.24, 2.45) is 5.92 Å². The molecule has 0 aliphatic rings. The van der Waals surface area contributed by atoms with E-state index in [0.29, 0.717) is 11.8 Å². The summed E-state index contributed by atoms with van der Waals surface area (Å²) in [6.45, 7) is 4.11. The third-order valence-corrected chi connectivity index (χ3v) is 2.61. The van der Waals surface area contributed by atoms with Gasteiger partial charge in [0.2, 0.25) is 0 Å². The fraction of sp³-hybridized carbons (Fsp3) is 0.455. The monoisotopic (exact) mass is 200 g/mol. The minimum absolute atomic E-state index is 0.114. The van der Waals surface area contributed by atoms with Crippen LogP contribution in [0, 0.1) is 11.7 Å². The van der Waals surface area contributed by atoms with Gasteiger partial charge in [-0.2, -0.15) is 0 Å². The number of hydrogen-bond acceptors (Lipinski definition) is 0. The summed E-state index contributed by atoms with van der Waals surface area (Å²) in [5, 5.41) is 0. The van der Waals surface area contributed by atoms with E-state index in [2.05, 4.69) is 13.8 Å². The number of benzene rings is 1. The summed E-state index contributed by atoms with van der Waals surface area (Å²) in [6.07, 6.45) is 0. The molecule has 1 atom stereocenters. The van der Waals surface area contributed by atoms with Crippen LogP contribution < -0.4 is 0 Å². The van der Waals surface area contributed by atoms with Crippen molar-refractivity contribution in [1.82, 2.24) is 0 Å². The maximum Gasteiger partial charge on any atom is 0.126 e. The van der Waals surface area contributed by atoms with E-state index in [0.717, 1.165) is 5.56 Å². The molecule has 13 heavy (non-hydrogen) atoms. The SMILES string of the molecule is CC(C)C(CCl)c1ccccc1F. The Hall–Kier alpha value is -0.560. The lowest BCUT2D eigenvalue weighted by atomic mass is 9.90. The Morgan fingerprint density at radius 3 is 2.38 bits per heavy atom. The number of halogens is 2. The molecule has 0 amide bonds. The largest absolute Gasteiger partial charge is 0.207 e. The number of hydrogen-bond donors (Lipinski definition) is 0. The summed E-state index contributed by atoms with van der Waals surface area (Å²) in [4.78, 5) is 0. The summed E-state index contributed by atoms with van der Waals surface area (Å²) in [5.74, 6) is 0.803. The summed E-state index contributed by atoms with van der Waals surface area (Å²) in [7, 11) is 0. The summed E-state index contributed by atoms with van der Waals surface area (Å²) in [5.41, 5.74) is 0.729. The van der Waals surface area contributed by atoms with Gasteiger partial charge in [-0.15, -0.1) is 11.6 Å². The first-order valence-corrected chi connectivity index (χ1v) is 5.00. The first-order valence-electron chi connectivity index (χ1n) is 4.47. The van der Waals surface area contributed by atoms with Crippen molar-refractivity contribution < 1.29 is 4.39 Å². The zero-order valence-corrected chi connectivity index (χ0v) is 8.68. The molecule has 0 aromatic heterocycles. The minimum Gasteiger partial charge on any atom is -0.207 e. The van der Waals surface area contributed by atoms with Crippen LogP contribution in [0.5, 0.6) is 0 Å². The molecule has 0 nitrogen and oxygen atoms in total. The molecule has 1 aromatic carbocycles. The molecule has 0 saturated carbocycles. The summed E-state index contributed by atoms with van der Waals surface area (Å²) in [6, 6.07) is 6.84. The van der Waals surface area contributed by atoms with Gasteiger partial charge in [-0.3, -0.25) is 0 Å². The van der Waals surface area contributed by atoms with Crippen LogP contribution in [0.25, 0.3) is 0 Å². The van der Waals surface area contributed by atoms with E-state index in [1.54, 1.807) is 6.07 Å². The Bertz CT molecular complexity index is 271. The van der Waals surface area contributed by atoms with E-state index in [9.17, 15) is 4.39 Å². The highest BCUT2D eigenvalue weighted by atomic mass is 35.5. The van der Waals surface area contributed by atoms with Gasteiger partial charge in [0.15, 0.2) is 0 Å². The van der Waals surface area contributed by atoms with E-state index >= 15 is 0 Å². The molecule has 0 saturated heterocycles. The van der Waals surface area contributed by atoms with Crippen LogP contribution in [0.3, 0.4) is 0 Å². The van der Waals surface area contributed by atoms with Crippen molar-refractivity contribution in [3.05, 3.63) is 35.6 Å². The molecule has 1 rings (SSSR count). The Balaban J connectivity index is 2.97. The zero-order valence-electron chi connectivity index (χ0n) is 7.93. The van der Waals surface area contributed by atoms with Crippen LogP contribution in [0.4, 0.5) is 4.39 Å². The summed E-state index contributed by atoms with van der Waals surface area (Å²) >= 11 is 5.80. The van der Waals surface area contributed by atoms with Gasteiger partial charge in [-0.1, -0.05) is 32.0 Å². The van der Waals surface area contributed by atoms with Crippen molar-refractivity contribution in [2.75, 3.05) is 5.88 Å². The van der Waals surface area contributed by atoms with Gasteiger partial charge in [0.25, 0.3) is 0 Å². The second kappa shape index (κ2) is 4.61. The van der Waals surface area contributed by atoms with Gasteiger partial charge in [0, 0.05) is 11.8 Å². The first-order chi connectivity index (χ1) is 6.16. The normalized spacial score (nSPS) is 13.3. The van der Waals surface area contributed by atoms with E-state index < -0.39 is 0 Å². The van der Waals surface area contributed by atoms with E-state index in [1.165, 1.54) is 6.07 Å². The Morgan fingerprint density at radius 2 is 1.92 bits per heavy atom. The topological polar surface area (TPSA) is 0 Å². The van der Waals surface area contributed by atoms with E-state index in [-0.39, 0.29) is 11.7 Å². The second-order valence-corrected chi connectivity index (χ2v) is 3.83. The predicted molar refractivity (Wildman–Crippen MR) is 54.7 cm³/mol. The molecule has 0 N–H and O–H groups in total. The Kier molecular flexibility index (Phi) is 3.73. The lowest BCUT2D eigenvalue weighted by Crippen LogP contribution is -2.10. The van der Waals surface area contributed by atoms with Crippen molar-refractivity contribution in [2.45, 2.75) is 19.8 Å². The fourth-order valence-corrected chi connectivity index (χ4v) is 1.92.